The zero-order valence-electron chi connectivity index (χ0n) is 39.0. The molecule has 0 aromatic heterocycles. The van der Waals surface area contributed by atoms with Gasteiger partial charge >= 0.3 is 0 Å². The van der Waals surface area contributed by atoms with Gasteiger partial charge in [0.25, 0.3) is 5.69 Å². The van der Waals surface area contributed by atoms with Gasteiger partial charge in [-0.05, 0) is 116 Å². The lowest BCUT2D eigenvalue weighted by Gasteiger charge is -2.60. The quantitative estimate of drug-likeness (QED) is 0.0272. The zero-order chi connectivity index (χ0) is 47.3. The number of oxime groups is 1. The minimum atomic E-state index is -1.39. The van der Waals surface area contributed by atoms with Crippen molar-refractivity contribution in [1.29, 1.82) is 0 Å². The van der Waals surface area contributed by atoms with E-state index in [1.165, 1.54) is 32.1 Å². The van der Waals surface area contributed by atoms with Crippen molar-refractivity contribution in [3.8, 4) is 23.0 Å². The Morgan fingerprint density at radius 3 is 2.42 bits per heavy atom. The van der Waals surface area contributed by atoms with Gasteiger partial charge < -0.3 is 38.9 Å². The third-order valence-electron chi connectivity index (χ3n) is 14.2. The number of nitro groups is 1. The molecule has 0 bridgehead atoms. The number of ether oxygens (including phenoxy) is 4. The summed E-state index contributed by atoms with van der Waals surface area (Å²) < 4.78 is 26.4. The van der Waals surface area contributed by atoms with E-state index >= 15 is 0 Å². The van der Waals surface area contributed by atoms with Crippen LogP contribution in [0.4, 0.5) is 5.69 Å². The molecule has 1 aliphatic heterocycles. The van der Waals surface area contributed by atoms with Gasteiger partial charge in [0.15, 0.2) is 6.29 Å². The van der Waals surface area contributed by atoms with Gasteiger partial charge in [-0.1, -0.05) is 62.8 Å². The molecule has 1 amide bonds. The zero-order valence-corrected chi connectivity index (χ0v) is 39.0. The molecule has 3 aromatic carbocycles. The summed E-state index contributed by atoms with van der Waals surface area (Å²) in [6.45, 7) is 6.94. The van der Waals surface area contributed by atoms with Crippen LogP contribution in [0.2, 0.25) is 0 Å². The fourth-order valence-electron chi connectivity index (χ4n) is 11.1. The van der Waals surface area contributed by atoms with Crippen molar-refractivity contribution in [2.45, 2.75) is 121 Å². The number of nitro benzene ring substituents is 1. The van der Waals surface area contributed by atoms with Gasteiger partial charge in [-0.15, -0.1) is 6.58 Å². The van der Waals surface area contributed by atoms with Gasteiger partial charge in [0.1, 0.15) is 35.6 Å². The molecule has 0 saturated heterocycles. The molecule has 1 heterocycles. The van der Waals surface area contributed by atoms with Gasteiger partial charge in [-0.3, -0.25) is 19.7 Å². The first kappa shape index (κ1) is 49.3. The number of aliphatic hydroxyl groups is 2. The van der Waals surface area contributed by atoms with E-state index in [-0.39, 0.29) is 62.2 Å². The lowest BCUT2D eigenvalue weighted by Crippen LogP contribution is -2.70. The Kier molecular flexibility index (Phi) is 17.3. The first-order chi connectivity index (χ1) is 32.7. The molecule has 2 saturated carbocycles. The molecule has 6 unspecified atom stereocenters. The number of unbranched alkanes of at least 4 members (excludes halogenated alkanes) is 2. The van der Waals surface area contributed by atoms with Crippen molar-refractivity contribution in [1.82, 2.24) is 4.90 Å². The van der Waals surface area contributed by atoms with Crippen LogP contribution in [0.25, 0.3) is 0 Å². The highest BCUT2D eigenvalue weighted by atomic mass is 16.7. The molecular formula is C53H67N3O11. The first-order valence-electron chi connectivity index (χ1n) is 24.2. The summed E-state index contributed by atoms with van der Waals surface area (Å²) in [6, 6.07) is 16.4. The lowest BCUT2D eigenvalue weighted by atomic mass is 9.55. The number of methoxy groups -OCH3 is 1. The van der Waals surface area contributed by atoms with E-state index < -0.39 is 22.7 Å². The van der Waals surface area contributed by atoms with Gasteiger partial charge in [0.05, 0.1) is 35.8 Å². The highest BCUT2D eigenvalue weighted by molar-refractivity contribution is 6.03. The van der Waals surface area contributed by atoms with Gasteiger partial charge in [0, 0.05) is 56.2 Å². The van der Waals surface area contributed by atoms with Gasteiger partial charge in [-0.25, -0.2) is 0 Å². The summed E-state index contributed by atoms with van der Waals surface area (Å²) >= 11 is 0. The molecule has 67 heavy (non-hydrogen) atoms. The number of amides is 1. The molecule has 7 rings (SSSR count). The van der Waals surface area contributed by atoms with Crippen LogP contribution in [0, 0.1) is 33.8 Å². The van der Waals surface area contributed by atoms with Crippen LogP contribution < -0.4 is 14.2 Å². The predicted octanol–water partition coefficient (Wildman–Crippen LogP) is 10.3. The van der Waals surface area contributed by atoms with Crippen molar-refractivity contribution < 1.29 is 48.5 Å². The Morgan fingerprint density at radius 2 is 1.73 bits per heavy atom. The van der Waals surface area contributed by atoms with Gasteiger partial charge in [0.2, 0.25) is 11.7 Å². The number of nitrogens with zero attached hydrogens (tertiary/aromatic N) is 3. The second-order valence-electron chi connectivity index (χ2n) is 18.4. The Morgan fingerprint density at radius 1 is 1.00 bits per heavy atom. The van der Waals surface area contributed by atoms with Crippen LogP contribution in [0.1, 0.15) is 124 Å². The topological polar surface area (TPSA) is 179 Å². The Labute approximate surface area is 394 Å². The number of aliphatic hydroxyl groups excluding tert-OH is 2. The highest BCUT2D eigenvalue weighted by Gasteiger charge is 2.65. The van der Waals surface area contributed by atoms with Crippen LogP contribution in [0.3, 0.4) is 0 Å². The van der Waals surface area contributed by atoms with E-state index in [1.807, 2.05) is 23.1 Å². The Hall–Kier alpha value is -5.57. The average molecular weight is 922 g/mol. The summed E-state index contributed by atoms with van der Waals surface area (Å²) in [6.07, 6.45) is 16.0. The van der Waals surface area contributed by atoms with E-state index in [0.29, 0.717) is 78.0 Å². The molecule has 14 nitrogen and oxygen atoms in total. The summed E-state index contributed by atoms with van der Waals surface area (Å²) in [5, 5.41) is 36.3. The number of hydrogen-bond acceptors (Lipinski definition) is 12. The maximum absolute atomic E-state index is 14.9. The second-order valence-corrected chi connectivity index (χ2v) is 18.4. The molecular weight excluding hydrogens is 855 g/mol. The molecule has 14 heteroatoms. The fraction of sp³-hybridized carbons (Fsp3) is 0.528. The van der Waals surface area contributed by atoms with Crippen LogP contribution in [-0.4, -0.2) is 83.2 Å². The van der Waals surface area contributed by atoms with E-state index in [0.717, 1.165) is 62.4 Å². The van der Waals surface area contributed by atoms with Crippen LogP contribution in [0.15, 0.2) is 90.1 Å². The maximum atomic E-state index is 14.9. The SMILES string of the molecule is C=CCOC12Oc3ccc(Oc4ccc(OC)c(C=O)c4)cc3C3C(CCCCO)C(CCCCO)C=C(C(=NOCc4ccc([N+](=O)[O-])cc4)CC1N(CCC)C(=O)CCC1CCCC1)C32. The molecule has 0 spiro atoms. The summed E-state index contributed by atoms with van der Waals surface area (Å²) in [4.78, 5) is 46.0. The standard InChI is InChI=1S/C53H67N3O11/c1-4-26-55(50(60)25-18-36-12-6-7-13-36)49-33-46(54-65-35-37-16-19-40(20-17-37)56(61)62)44-31-38(14-8-10-27-57)43(15-9-11-28-58)51-45-32-42(66-41-21-23-47(63-3)39(30-41)34-59)22-24-48(45)67-53(49,52(44)51)64-29-5-2/h5,16-17,19-24,30-32,34,36,38,43,49,51-52,57-58H,2,4,6-15,18,25-29,33,35H2,1,3H3. The van der Waals surface area contributed by atoms with Crippen LogP contribution >= 0.6 is 0 Å². The van der Waals surface area contributed by atoms with E-state index in [1.54, 1.807) is 36.4 Å². The fourth-order valence-corrected chi connectivity index (χ4v) is 11.1. The number of benzene rings is 3. The monoisotopic (exact) mass is 921 g/mol. The average Bonchev–Trinajstić information content (AvgIpc) is 3.87. The van der Waals surface area contributed by atoms with Crippen LogP contribution in [-0.2, 0) is 21.0 Å². The van der Waals surface area contributed by atoms with E-state index in [2.05, 4.69) is 19.6 Å². The van der Waals surface area contributed by atoms with Crippen LogP contribution in [0.5, 0.6) is 23.0 Å². The van der Waals surface area contributed by atoms with Gasteiger partial charge in [-0.2, -0.15) is 0 Å². The first-order valence-corrected chi connectivity index (χ1v) is 24.2. The molecule has 2 fully saturated rings. The minimum absolute atomic E-state index is 0.00460. The van der Waals surface area contributed by atoms with Crippen molar-refractivity contribution in [2.24, 2.45) is 28.8 Å². The molecule has 6 atom stereocenters. The molecule has 360 valence electrons. The van der Waals surface area contributed by atoms with Crippen molar-refractivity contribution in [2.75, 3.05) is 33.5 Å². The number of hydrogen-bond donors (Lipinski definition) is 2. The number of aldehydes is 1. The summed E-state index contributed by atoms with van der Waals surface area (Å²) in [5.41, 5.74) is 3.52. The molecule has 3 aliphatic carbocycles. The van der Waals surface area contributed by atoms with E-state index in [9.17, 15) is 29.9 Å². The van der Waals surface area contributed by atoms with Crippen molar-refractivity contribution >= 4 is 23.6 Å². The Bertz CT molecular complexity index is 2240. The molecule has 0 radical (unpaired) electrons. The van der Waals surface area contributed by atoms with E-state index in [4.69, 9.17) is 28.9 Å². The smallest absolute Gasteiger partial charge is 0.269 e. The number of allylic oxidation sites excluding steroid dienone is 1. The predicted molar refractivity (Wildman–Crippen MR) is 254 cm³/mol. The number of rotatable bonds is 25. The third-order valence-corrected chi connectivity index (χ3v) is 14.2. The Balaban J connectivity index is 1.40. The number of fused-ring (bicyclic) bond motifs is 2. The highest BCUT2D eigenvalue weighted by Crippen LogP contribution is 2.62. The van der Waals surface area contributed by atoms with Crippen molar-refractivity contribution in [3.63, 3.8) is 0 Å². The number of carbonyl (C=O) groups excluding carboxylic acids is 2. The third kappa shape index (κ3) is 11.2. The minimum Gasteiger partial charge on any atom is -0.496 e. The molecule has 4 aliphatic rings. The summed E-state index contributed by atoms with van der Waals surface area (Å²) in [7, 11) is 1.51. The second kappa shape index (κ2) is 23.4. The number of non-ortho nitro benzene ring substituents is 1. The molecule has 3 aromatic rings. The van der Waals surface area contributed by atoms with Crippen molar-refractivity contribution in [3.05, 3.63) is 112 Å². The number of carbonyl (C=O) groups is 2. The summed E-state index contributed by atoms with van der Waals surface area (Å²) in [5.74, 6) is 0.453. The normalized spacial score (nSPS) is 23.6. The maximum Gasteiger partial charge on any atom is 0.269 e. The molecule has 2 N–H and O–H groups in total. The largest absolute Gasteiger partial charge is 0.496 e. The lowest BCUT2D eigenvalue weighted by molar-refractivity contribution is -0.384.